The Morgan fingerprint density at radius 2 is 0.885 bits per heavy atom. The number of esters is 1. The first kappa shape index (κ1) is 51.5. The Labute approximate surface area is 323 Å². The van der Waals surface area contributed by atoms with Crippen LogP contribution in [0.2, 0.25) is 0 Å². The van der Waals surface area contributed by atoms with Gasteiger partial charge in [0.2, 0.25) is 0 Å². The molecule has 0 rings (SSSR count). The van der Waals surface area contributed by atoms with Crippen molar-refractivity contribution in [2.45, 2.75) is 219 Å². The van der Waals surface area contributed by atoms with E-state index in [1.54, 1.807) is 0 Å². The number of ether oxygens (including phenoxy) is 2. The minimum Gasteiger partial charge on any atom is -0.457 e. The Kier molecular flexibility index (Phi) is 37.1. The normalized spacial score (nSPS) is 13.7. The molecule has 0 bridgehead atoms. The van der Waals surface area contributed by atoms with Gasteiger partial charge in [0.25, 0.3) is 0 Å². The fourth-order valence-electron chi connectivity index (χ4n) is 6.44. The highest BCUT2D eigenvalue weighted by Crippen LogP contribution is 2.43. The van der Waals surface area contributed by atoms with Gasteiger partial charge in [0.1, 0.15) is 19.3 Å². The second kappa shape index (κ2) is 37.4. The molecule has 9 heteroatoms. The monoisotopic (exact) mass is 763 g/mol. The van der Waals surface area contributed by atoms with E-state index in [1.807, 2.05) is 21.1 Å². The highest BCUT2D eigenvalue weighted by molar-refractivity contribution is 7.47. The molecule has 0 radical (unpaired) electrons. The van der Waals surface area contributed by atoms with E-state index in [0.717, 1.165) is 32.1 Å². The van der Waals surface area contributed by atoms with Crippen LogP contribution in [0.3, 0.4) is 0 Å². The minimum absolute atomic E-state index is 0.0936. The van der Waals surface area contributed by atoms with E-state index in [9.17, 15) is 14.3 Å². The van der Waals surface area contributed by atoms with Gasteiger partial charge in [-0.15, -0.1) is 0 Å². The Balaban J connectivity index is 4.04. The van der Waals surface area contributed by atoms with Gasteiger partial charge in [-0.05, 0) is 12.8 Å². The molecule has 0 aromatic heterocycles. The number of phosphoric ester groups is 1. The van der Waals surface area contributed by atoms with E-state index in [0.29, 0.717) is 24.1 Å². The number of quaternary nitrogens is 1. The predicted octanol–water partition coefficient (Wildman–Crippen LogP) is 12.9. The second-order valence-corrected chi connectivity index (χ2v) is 17.9. The smallest absolute Gasteiger partial charge is 0.457 e. The van der Waals surface area contributed by atoms with Gasteiger partial charge in [-0.2, -0.15) is 0 Å². The van der Waals surface area contributed by atoms with Crippen LogP contribution in [-0.4, -0.2) is 75.6 Å². The predicted molar refractivity (Wildman–Crippen MR) is 220 cm³/mol. The summed E-state index contributed by atoms with van der Waals surface area (Å²) in [5, 5.41) is 0. The second-order valence-electron chi connectivity index (χ2n) is 16.4. The summed E-state index contributed by atoms with van der Waals surface area (Å²) in [6.07, 6.45) is 38.6. The molecular formula is C43H89NO7P+. The van der Waals surface area contributed by atoms with Crippen molar-refractivity contribution in [1.29, 1.82) is 0 Å². The fourth-order valence-corrected chi connectivity index (χ4v) is 7.18. The molecule has 312 valence electrons. The molecule has 0 fully saturated rings. The largest absolute Gasteiger partial charge is 0.472 e. The molecule has 2 unspecified atom stereocenters. The van der Waals surface area contributed by atoms with Crippen LogP contribution in [-0.2, 0) is 27.9 Å². The third kappa shape index (κ3) is 40.7. The zero-order valence-electron chi connectivity index (χ0n) is 35.3. The van der Waals surface area contributed by atoms with Crippen molar-refractivity contribution in [3.63, 3.8) is 0 Å². The van der Waals surface area contributed by atoms with Crippen LogP contribution in [0.4, 0.5) is 0 Å². The van der Waals surface area contributed by atoms with Crippen LogP contribution in [0.5, 0.6) is 0 Å². The van der Waals surface area contributed by atoms with Gasteiger partial charge in [0.15, 0.2) is 0 Å². The number of rotatable bonds is 42. The lowest BCUT2D eigenvalue weighted by molar-refractivity contribution is -0.870. The maximum atomic E-state index is 12.6. The van der Waals surface area contributed by atoms with Crippen LogP contribution < -0.4 is 0 Å². The van der Waals surface area contributed by atoms with E-state index in [4.69, 9.17) is 18.5 Å². The molecule has 0 aliphatic carbocycles. The number of hydrogen-bond donors (Lipinski definition) is 1. The standard InChI is InChI=1S/C43H88NO7P/c1-6-8-10-12-14-16-17-18-19-20-21-22-23-24-25-26-27-29-31-33-35-38-48-40-42(41-50-52(46,47)49-39-37-44(3,4)5)51-43(45)36-34-32-30-28-15-13-11-9-7-2/h42H,6-41H2,1-5H3/p+1. The average molecular weight is 763 g/mol. The zero-order valence-corrected chi connectivity index (χ0v) is 36.2. The van der Waals surface area contributed by atoms with E-state index in [-0.39, 0.29) is 25.8 Å². The van der Waals surface area contributed by atoms with Gasteiger partial charge in [-0.25, -0.2) is 4.57 Å². The quantitative estimate of drug-likeness (QED) is 0.0286. The van der Waals surface area contributed by atoms with E-state index < -0.39 is 13.9 Å². The number of unbranched alkanes of at least 4 members (excludes halogenated alkanes) is 28. The van der Waals surface area contributed by atoms with E-state index in [1.165, 1.54) is 161 Å². The molecule has 1 N–H and O–H groups in total. The highest BCUT2D eigenvalue weighted by Gasteiger charge is 2.26. The van der Waals surface area contributed by atoms with E-state index in [2.05, 4.69) is 13.8 Å². The summed E-state index contributed by atoms with van der Waals surface area (Å²) in [7, 11) is 1.68. The Bertz CT molecular complexity index is 807. The molecule has 0 spiro atoms. The molecule has 2 atom stereocenters. The number of phosphoric acid groups is 1. The van der Waals surface area contributed by atoms with Crippen LogP contribution in [0, 0.1) is 0 Å². The summed E-state index contributed by atoms with van der Waals surface area (Å²) in [4.78, 5) is 22.8. The molecule has 0 aliphatic heterocycles. The molecular weight excluding hydrogens is 673 g/mol. The first-order valence-corrected chi connectivity index (χ1v) is 23.8. The topological polar surface area (TPSA) is 91.3 Å². The van der Waals surface area contributed by atoms with Crippen LogP contribution in [0.1, 0.15) is 213 Å². The van der Waals surface area contributed by atoms with Gasteiger partial charge in [0.05, 0.1) is 34.4 Å². The maximum absolute atomic E-state index is 12.6. The van der Waals surface area contributed by atoms with Crippen molar-refractivity contribution in [3.05, 3.63) is 0 Å². The summed E-state index contributed by atoms with van der Waals surface area (Å²) in [6, 6.07) is 0. The summed E-state index contributed by atoms with van der Waals surface area (Å²) in [5.41, 5.74) is 0. The van der Waals surface area contributed by atoms with Crippen LogP contribution in [0.15, 0.2) is 0 Å². The molecule has 52 heavy (non-hydrogen) atoms. The Morgan fingerprint density at radius 3 is 1.27 bits per heavy atom. The molecule has 0 saturated heterocycles. The van der Waals surface area contributed by atoms with Gasteiger partial charge in [-0.1, -0.05) is 194 Å². The summed E-state index contributed by atoms with van der Waals surface area (Å²) < 4.78 is 34.9. The SMILES string of the molecule is CCCCCCCCCCCCCCCCCCCCCCCOCC(COP(=O)(O)OCC[N+](C)(C)C)OC(=O)CCCCCCCCCCC. The number of likely N-dealkylation sites (N-methyl/N-ethyl adjacent to an activating group) is 1. The lowest BCUT2D eigenvalue weighted by Gasteiger charge is -2.24. The first-order valence-electron chi connectivity index (χ1n) is 22.3. The van der Waals surface area contributed by atoms with Crippen molar-refractivity contribution < 1.29 is 37.3 Å². The molecule has 8 nitrogen and oxygen atoms in total. The Hall–Kier alpha value is -0.500. The highest BCUT2D eigenvalue weighted by atomic mass is 31.2. The lowest BCUT2D eigenvalue weighted by Crippen LogP contribution is -2.37. The third-order valence-corrected chi connectivity index (χ3v) is 10.9. The van der Waals surface area contributed by atoms with Gasteiger partial charge in [-0.3, -0.25) is 13.8 Å². The van der Waals surface area contributed by atoms with E-state index >= 15 is 0 Å². The molecule has 0 aromatic carbocycles. The zero-order chi connectivity index (χ0) is 38.4. The number of hydrogen-bond acceptors (Lipinski definition) is 6. The van der Waals surface area contributed by atoms with Crippen molar-refractivity contribution in [2.75, 3.05) is 54.1 Å². The molecule has 0 saturated carbocycles. The van der Waals surface area contributed by atoms with Crippen molar-refractivity contribution in [2.24, 2.45) is 0 Å². The number of carbonyl (C=O) groups is 1. The Morgan fingerprint density at radius 1 is 0.519 bits per heavy atom. The van der Waals surface area contributed by atoms with Gasteiger partial charge < -0.3 is 18.9 Å². The summed E-state index contributed by atoms with van der Waals surface area (Å²) >= 11 is 0. The van der Waals surface area contributed by atoms with Gasteiger partial charge in [0, 0.05) is 13.0 Å². The molecule has 0 heterocycles. The fraction of sp³-hybridized carbons (Fsp3) is 0.977. The summed E-state index contributed by atoms with van der Waals surface area (Å²) in [6.45, 7) is 5.65. The molecule has 0 aliphatic rings. The average Bonchev–Trinajstić information content (AvgIpc) is 3.09. The van der Waals surface area contributed by atoms with Crippen LogP contribution in [0.25, 0.3) is 0 Å². The lowest BCUT2D eigenvalue weighted by atomic mass is 10.0. The van der Waals surface area contributed by atoms with Crippen molar-refractivity contribution in [1.82, 2.24) is 0 Å². The molecule has 0 amide bonds. The van der Waals surface area contributed by atoms with Crippen molar-refractivity contribution in [3.8, 4) is 0 Å². The van der Waals surface area contributed by atoms with Crippen molar-refractivity contribution >= 4 is 13.8 Å². The summed E-state index contributed by atoms with van der Waals surface area (Å²) in [5.74, 6) is -0.312. The number of nitrogens with zero attached hydrogens (tertiary/aromatic N) is 1. The number of carbonyl (C=O) groups excluding carboxylic acids is 1. The van der Waals surface area contributed by atoms with Crippen LogP contribution >= 0.6 is 7.82 Å². The minimum atomic E-state index is -4.26. The first-order chi connectivity index (χ1) is 25.1. The van der Waals surface area contributed by atoms with Gasteiger partial charge >= 0.3 is 13.8 Å². The third-order valence-electron chi connectivity index (χ3n) is 9.92. The molecule has 0 aromatic rings. The maximum Gasteiger partial charge on any atom is 0.472 e.